The lowest BCUT2D eigenvalue weighted by Crippen LogP contribution is -2.63. The third-order valence-electron chi connectivity index (χ3n) is 13.9. The summed E-state index contributed by atoms with van der Waals surface area (Å²) in [5, 5.41) is 43.6. The Balaban J connectivity index is 1.27. The average Bonchev–Trinajstić information content (AvgIpc) is 3.16. The quantitative estimate of drug-likeness (QED) is 0.249. The number of hydrogen-bond acceptors (Lipinski definition) is 7. The first-order valence-corrected chi connectivity index (χ1v) is 19.5. The van der Waals surface area contributed by atoms with Gasteiger partial charge < -0.3 is 34.3 Å². The van der Waals surface area contributed by atoms with Crippen LogP contribution < -0.4 is 0 Å². The van der Waals surface area contributed by atoms with Crippen molar-refractivity contribution in [3.63, 3.8) is 0 Å². The predicted molar refractivity (Wildman–Crippen MR) is 162 cm³/mol. The average molecular weight is 597 g/mol. The van der Waals surface area contributed by atoms with Gasteiger partial charge in [0.25, 0.3) is 0 Å². The van der Waals surface area contributed by atoms with Crippen LogP contribution in [-0.2, 0) is 13.9 Å². The molecule has 0 bridgehead atoms. The highest BCUT2D eigenvalue weighted by molar-refractivity contribution is 6.74. The molecule has 5 rings (SSSR count). The zero-order chi connectivity index (χ0) is 30.3. The van der Waals surface area contributed by atoms with Gasteiger partial charge >= 0.3 is 0 Å². The molecule has 4 saturated carbocycles. The summed E-state index contributed by atoms with van der Waals surface area (Å²) in [5.41, 5.74) is -0.591. The summed E-state index contributed by atoms with van der Waals surface area (Å²) >= 11 is 0. The van der Waals surface area contributed by atoms with E-state index in [0.717, 1.165) is 57.8 Å². The van der Waals surface area contributed by atoms with E-state index in [0.29, 0.717) is 23.7 Å². The van der Waals surface area contributed by atoms with Crippen LogP contribution in [0.15, 0.2) is 0 Å². The van der Waals surface area contributed by atoms with E-state index in [4.69, 9.17) is 13.9 Å². The van der Waals surface area contributed by atoms with Crippen LogP contribution in [0.25, 0.3) is 0 Å². The summed E-state index contributed by atoms with van der Waals surface area (Å²) in [6, 6.07) is 0. The van der Waals surface area contributed by atoms with Gasteiger partial charge in [-0.1, -0.05) is 34.6 Å². The number of ether oxygens (including phenoxy) is 2. The molecule has 1 aliphatic heterocycles. The fraction of sp³-hybridized carbons (Fsp3) is 1.00. The minimum absolute atomic E-state index is 0.0416. The Morgan fingerprint density at radius 2 is 1.56 bits per heavy atom. The summed E-state index contributed by atoms with van der Waals surface area (Å²) < 4.78 is 19.0. The van der Waals surface area contributed by atoms with Crippen LogP contribution in [0.4, 0.5) is 0 Å². The summed E-state index contributed by atoms with van der Waals surface area (Å²) in [4.78, 5) is 0. The highest BCUT2D eigenvalue weighted by atomic mass is 28.4. The summed E-state index contributed by atoms with van der Waals surface area (Å²) in [6.07, 6.45) is 4.09. The maximum atomic E-state index is 12.7. The van der Waals surface area contributed by atoms with Crippen LogP contribution in [0.1, 0.15) is 106 Å². The predicted octanol–water partition coefficient (Wildman–Crippen LogP) is 5.38. The Kier molecular flexibility index (Phi) is 8.50. The molecule has 238 valence electrons. The lowest BCUT2D eigenvalue weighted by atomic mass is 9.43. The van der Waals surface area contributed by atoms with Crippen LogP contribution in [0.5, 0.6) is 0 Å². The first-order valence-electron chi connectivity index (χ1n) is 16.6. The van der Waals surface area contributed by atoms with Crippen molar-refractivity contribution in [1.29, 1.82) is 0 Å². The van der Waals surface area contributed by atoms with Crippen LogP contribution in [0.3, 0.4) is 0 Å². The molecule has 0 unspecified atom stereocenters. The van der Waals surface area contributed by atoms with Gasteiger partial charge in [0.2, 0.25) is 0 Å². The van der Waals surface area contributed by atoms with Crippen LogP contribution in [-0.4, -0.2) is 77.3 Å². The van der Waals surface area contributed by atoms with Gasteiger partial charge in [-0.05, 0) is 119 Å². The SMILES string of the molecule is C[C@@H]1O[C@@H](O[C@H]2CC[C@@]3(C)[C@H](CC[C@@H]4[C@@H]3CC[C@]3(C)[C@@H]([C@H](C)O[Si](C)(C)C(C)(C)C)CC[C@]43O)C2)[C@H](O)[C@H](O)[C@H]1O. The standard InChI is InChI=1S/C33H60O7Si/c1-19(40-41(8,9)30(3,4)5)23-14-17-33(37)25-11-10-21-18-22(39-29-28(36)27(35)26(34)20(2)38-29)12-15-31(21,6)24(25)13-16-32(23,33)7/h19-29,34-37H,10-18H2,1-9H3/t19-,20-,21+,22-,23+,24-,25+,26-,27+,28+,29-,31-,32+,33-/m0/s1. The van der Waals surface area contributed by atoms with Gasteiger partial charge in [-0.3, -0.25) is 0 Å². The molecule has 0 aromatic carbocycles. The lowest BCUT2D eigenvalue weighted by molar-refractivity contribution is -0.310. The van der Waals surface area contributed by atoms with Crippen molar-refractivity contribution in [1.82, 2.24) is 0 Å². The number of aliphatic hydroxyl groups is 4. The lowest BCUT2D eigenvalue weighted by Gasteiger charge is -2.64. The Morgan fingerprint density at radius 1 is 0.878 bits per heavy atom. The van der Waals surface area contributed by atoms with Crippen LogP contribution in [0.2, 0.25) is 18.1 Å². The van der Waals surface area contributed by atoms with Gasteiger partial charge in [-0.2, -0.15) is 0 Å². The molecule has 0 radical (unpaired) electrons. The van der Waals surface area contributed by atoms with E-state index in [1.807, 2.05) is 0 Å². The summed E-state index contributed by atoms with van der Waals surface area (Å²) in [7, 11) is -1.90. The molecule has 1 heterocycles. The Hall–Kier alpha value is -0.0631. The van der Waals surface area contributed by atoms with E-state index in [1.165, 1.54) is 0 Å². The summed E-state index contributed by atoms with van der Waals surface area (Å²) in [6.45, 7) is 20.4. The van der Waals surface area contributed by atoms with Crippen LogP contribution >= 0.6 is 0 Å². The molecule has 4 N–H and O–H groups in total. The molecular weight excluding hydrogens is 536 g/mol. The Labute approximate surface area is 249 Å². The summed E-state index contributed by atoms with van der Waals surface area (Å²) in [5.74, 6) is 1.72. The topological polar surface area (TPSA) is 109 Å². The molecule has 41 heavy (non-hydrogen) atoms. The van der Waals surface area contributed by atoms with Gasteiger partial charge in [0, 0.05) is 11.5 Å². The highest BCUT2D eigenvalue weighted by Crippen LogP contribution is 2.69. The van der Waals surface area contributed by atoms with Gasteiger partial charge in [0.1, 0.15) is 18.3 Å². The van der Waals surface area contributed by atoms with Gasteiger partial charge in [-0.25, -0.2) is 0 Å². The first-order chi connectivity index (χ1) is 18.9. The number of hydrogen-bond donors (Lipinski definition) is 4. The van der Waals surface area contributed by atoms with Crippen molar-refractivity contribution in [2.75, 3.05) is 0 Å². The molecule has 5 fully saturated rings. The van der Waals surface area contributed by atoms with Crippen molar-refractivity contribution in [3.05, 3.63) is 0 Å². The van der Waals surface area contributed by atoms with Crippen molar-refractivity contribution in [3.8, 4) is 0 Å². The van der Waals surface area contributed by atoms with Crippen molar-refractivity contribution in [2.45, 2.75) is 173 Å². The molecule has 8 heteroatoms. The molecular formula is C33H60O7Si. The molecule has 1 saturated heterocycles. The normalized spacial score (nSPS) is 51.4. The Morgan fingerprint density at radius 3 is 2.22 bits per heavy atom. The van der Waals surface area contributed by atoms with Crippen LogP contribution in [0, 0.1) is 34.5 Å². The monoisotopic (exact) mass is 596 g/mol. The molecule has 0 aromatic heterocycles. The smallest absolute Gasteiger partial charge is 0.192 e. The van der Waals surface area contributed by atoms with E-state index >= 15 is 0 Å². The second kappa shape index (κ2) is 10.8. The molecule has 14 atom stereocenters. The van der Waals surface area contributed by atoms with Gasteiger partial charge in [0.15, 0.2) is 14.6 Å². The fourth-order valence-electron chi connectivity index (χ4n) is 10.1. The number of fused-ring (bicyclic) bond motifs is 5. The zero-order valence-corrected chi connectivity index (χ0v) is 28.2. The van der Waals surface area contributed by atoms with E-state index < -0.39 is 44.6 Å². The molecule has 5 aliphatic rings. The van der Waals surface area contributed by atoms with Crippen molar-refractivity contribution in [2.24, 2.45) is 34.5 Å². The second-order valence-corrected chi connectivity index (χ2v) is 21.6. The Bertz CT molecular complexity index is 954. The maximum Gasteiger partial charge on any atom is 0.192 e. The highest BCUT2D eigenvalue weighted by Gasteiger charge is 2.68. The van der Waals surface area contributed by atoms with E-state index in [1.54, 1.807) is 6.92 Å². The largest absolute Gasteiger partial charge is 0.414 e. The van der Waals surface area contributed by atoms with E-state index in [9.17, 15) is 20.4 Å². The molecule has 0 spiro atoms. The fourth-order valence-corrected chi connectivity index (χ4v) is 11.6. The van der Waals surface area contributed by atoms with Crippen molar-refractivity contribution < 1.29 is 34.3 Å². The molecule has 0 aromatic rings. The van der Waals surface area contributed by atoms with Crippen molar-refractivity contribution >= 4 is 8.32 Å². The van der Waals surface area contributed by atoms with Gasteiger partial charge in [0.05, 0.1) is 17.8 Å². The molecule has 4 aliphatic carbocycles. The van der Waals surface area contributed by atoms with Gasteiger partial charge in [-0.15, -0.1) is 0 Å². The third-order valence-corrected chi connectivity index (χ3v) is 18.4. The molecule has 0 amide bonds. The molecule has 7 nitrogen and oxygen atoms in total. The second-order valence-electron chi connectivity index (χ2n) is 16.8. The zero-order valence-electron chi connectivity index (χ0n) is 27.2. The minimum Gasteiger partial charge on any atom is -0.414 e. The first kappa shape index (κ1) is 32.3. The van der Waals surface area contributed by atoms with E-state index in [2.05, 4.69) is 54.6 Å². The maximum absolute atomic E-state index is 12.7. The number of aliphatic hydroxyl groups excluding tert-OH is 3. The third kappa shape index (κ3) is 5.12. The minimum atomic E-state index is -1.90. The van der Waals surface area contributed by atoms with E-state index in [-0.39, 0.29) is 28.1 Å². The number of rotatable bonds is 5.